The van der Waals surface area contributed by atoms with Gasteiger partial charge < -0.3 is 16.2 Å². The van der Waals surface area contributed by atoms with Gasteiger partial charge in [-0.05, 0) is 61.1 Å². The number of hydrogen-bond donors (Lipinski definition) is 2. The molecule has 0 atom stereocenters. The summed E-state index contributed by atoms with van der Waals surface area (Å²) in [7, 11) is 0. The average molecular weight is 282 g/mol. The minimum atomic E-state index is -0.552. The maximum atomic E-state index is 11.3. The molecule has 21 heavy (non-hydrogen) atoms. The van der Waals surface area contributed by atoms with Crippen LogP contribution in [0.1, 0.15) is 34.3 Å². The van der Waals surface area contributed by atoms with E-state index in [1.165, 1.54) is 24.0 Å². The number of nitrogens with two attached hydrogens (primary N) is 2. The predicted molar refractivity (Wildman–Crippen MR) is 82.5 cm³/mol. The van der Waals surface area contributed by atoms with Crippen molar-refractivity contribution in [3.05, 3.63) is 53.1 Å². The van der Waals surface area contributed by atoms with Gasteiger partial charge in [0.2, 0.25) is 0 Å². The summed E-state index contributed by atoms with van der Waals surface area (Å²) in [6.45, 7) is 0. The number of hydrogen-bond acceptors (Lipinski definition) is 3. The monoisotopic (exact) mass is 282 g/mol. The Bertz CT molecular complexity index is 695. The number of carbonyl (C=O) groups is 1. The van der Waals surface area contributed by atoms with E-state index < -0.39 is 5.91 Å². The van der Waals surface area contributed by atoms with Gasteiger partial charge in [-0.3, -0.25) is 4.79 Å². The van der Waals surface area contributed by atoms with Crippen LogP contribution in [0.3, 0.4) is 0 Å². The highest BCUT2D eigenvalue weighted by atomic mass is 16.5. The van der Waals surface area contributed by atoms with Crippen molar-refractivity contribution >= 4 is 11.6 Å². The zero-order chi connectivity index (χ0) is 14.8. The lowest BCUT2D eigenvalue weighted by molar-refractivity contribution is 0.100. The summed E-state index contributed by atoms with van der Waals surface area (Å²) in [6, 6.07) is 11.2. The second kappa shape index (κ2) is 5.48. The lowest BCUT2D eigenvalue weighted by Gasteiger charge is -2.17. The number of para-hydroxylation sites is 1. The molecule has 0 saturated carbocycles. The summed E-state index contributed by atoms with van der Waals surface area (Å²) in [5, 5.41) is 0. The Kier molecular flexibility index (Phi) is 3.52. The van der Waals surface area contributed by atoms with E-state index in [4.69, 9.17) is 16.2 Å². The van der Waals surface area contributed by atoms with Gasteiger partial charge in [-0.2, -0.15) is 0 Å². The summed E-state index contributed by atoms with van der Waals surface area (Å²) in [5.41, 5.74) is 14.5. The van der Waals surface area contributed by atoms with Gasteiger partial charge in [-0.15, -0.1) is 0 Å². The molecule has 1 amide bonds. The normalized spacial score (nSPS) is 13.5. The molecular weight excluding hydrogens is 264 g/mol. The molecule has 2 aromatic carbocycles. The molecule has 0 saturated heterocycles. The van der Waals surface area contributed by atoms with E-state index in [-0.39, 0.29) is 11.3 Å². The van der Waals surface area contributed by atoms with Crippen molar-refractivity contribution in [3.63, 3.8) is 0 Å². The third kappa shape index (κ3) is 2.70. The molecule has 0 bridgehead atoms. The third-order valence-electron chi connectivity index (χ3n) is 3.88. The molecule has 0 fully saturated rings. The molecule has 2 aromatic rings. The molecule has 1 aliphatic rings. The first-order chi connectivity index (χ1) is 10.1. The fourth-order valence-electron chi connectivity index (χ4n) is 2.75. The number of nitrogen functional groups attached to an aromatic ring is 1. The second-order valence-electron chi connectivity index (χ2n) is 5.32. The zero-order valence-corrected chi connectivity index (χ0v) is 11.8. The Balaban J connectivity index is 1.90. The molecule has 0 aliphatic heterocycles. The lowest BCUT2D eigenvalue weighted by atomic mass is 9.92. The van der Waals surface area contributed by atoms with Crippen molar-refractivity contribution in [2.75, 3.05) is 5.73 Å². The van der Waals surface area contributed by atoms with Crippen molar-refractivity contribution < 1.29 is 9.53 Å². The van der Waals surface area contributed by atoms with Crippen LogP contribution in [-0.4, -0.2) is 5.91 Å². The summed E-state index contributed by atoms with van der Waals surface area (Å²) in [4.78, 5) is 11.3. The molecule has 4 N–H and O–H groups in total. The Morgan fingerprint density at radius 2 is 1.81 bits per heavy atom. The topological polar surface area (TPSA) is 78.3 Å². The smallest absolute Gasteiger partial charge is 0.250 e. The first-order valence-corrected chi connectivity index (χ1v) is 7.13. The van der Waals surface area contributed by atoms with Gasteiger partial charge in [0, 0.05) is 0 Å². The van der Waals surface area contributed by atoms with Crippen LogP contribution >= 0.6 is 0 Å². The largest absolute Gasteiger partial charge is 0.455 e. The van der Waals surface area contributed by atoms with E-state index in [1.807, 2.05) is 6.07 Å². The van der Waals surface area contributed by atoms with Gasteiger partial charge >= 0.3 is 0 Å². The fraction of sp³-hybridized carbons (Fsp3) is 0.235. The average Bonchev–Trinajstić information content (AvgIpc) is 2.49. The van der Waals surface area contributed by atoms with Crippen LogP contribution in [0.15, 0.2) is 36.4 Å². The number of anilines is 1. The number of benzene rings is 2. The molecule has 0 spiro atoms. The third-order valence-corrected chi connectivity index (χ3v) is 3.88. The first-order valence-electron chi connectivity index (χ1n) is 7.13. The minimum absolute atomic E-state index is 0.280. The maximum absolute atomic E-state index is 11.3. The molecular formula is C17H18N2O2. The van der Waals surface area contributed by atoms with E-state index in [2.05, 4.69) is 12.1 Å². The number of amides is 1. The van der Waals surface area contributed by atoms with Crippen LogP contribution in [0, 0.1) is 0 Å². The molecule has 4 nitrogen and oxygen atoms in total. The second-order valence-corrected chi connectivity index (χ2v) is 5.32. The summed E-state index contributed by atoms with van der Waals surface area (Å²) in [5.74, 6) is 0.648. The van der Waals surface area contributed by atoms with Crippen LogP contribution < -0.4 is 16.2 Å². The minimum Gasteiger partial charge on any atom is -0.455 e. The zero-order valence-electron chi connectivity index (χ0n) is 11.8. The SMILES string of the molecule is NC(=O)c1cccc(Oc2ccc3c(c2)CCCC3)c1N. The molecule has 0 heterocycles. The van der Waals surface area contributed by atoms with E-state index in [0.29, 0.717) is 5.75 Å². The molecule has 1 aliphatic carbocycles. The van der Waals surface area contributed by atoms with Crippen molar-refractivity contribution in [1.82, 2.24) is 0 Å². The Morgan fingerprint density at radius 3 is 2.57 bits per heavy atom. The molecule has 0 radical (unpaired) electrons. The maximum Gasteiger partial charge on any atom is 0.250 e. The number of carbonyl (C=O) groups excluding carboxylic acids is 1. The van der Waals surface area contributed by atoms with Crippen LogP contribution in [-0.2, 0) is 12.8 Å². The highest BCUT2D eigenvalue weighted by Gasteiger charge is 2.13. The number of primary amides is 1. The molecule has 0 aromatic heterocycles. The standard InChI is InChI=1S/C17H18N2O2/c18-16-14(17(19)20)6-3-7-15(16)21-13-9-8-11-4-1-2-5-12(11)10-13/h3,6-10H,1-2,4-5,18H2,(H2,19,20). The van der Waals surface area contributed by atoms with E-state index in [1.54, 1.807) is 18.2 Å². The molecule has 108 valence electrons. The fourth-order valence-corrected chi connectivity index (χ4v) is 2.75. The van der Waals surface area contributed by atoms with Gasteiger partial charge in [-0.1, -0.05) is 12.1 Å². The van der Waals surface area contributed by atoms with Gasteiger partial charge in [0.15, 0.2) is 5.75 Å². The molecule has 0 unspecified atom stereocenters. The molecule has 4 heteroatoms. The van der Waals surface area contributed by atoms with Crippen LogP contribution in [0.2, 0.25) is 0 Å². The van der Waals surface area contributed by atoms with Crippen molar-refractivity contribution in [2.45, 2.75) is 25.7 Å². The van der Waals surface area contributed by atoms with Gasteiger partial charge in [0.25, 0.3) is 5.91 Å². The van der Waals surface area contributed by atoms with Crippen molar-refractivity contribution in [2.24, 2.45) is 5.73 Å². The van der Waals surface area contributed by atoms with Crippen LogP contribution in [0.5, 0.6) is 11.5 Å². The van der Waals surface area contributed by atoms with Crippen molar-refractivity contribution in [1.29, 1.82) is 0 Å². The van der Waals surface area contributed by atoms with Gasteiger partial charge in [0.05, 0.1) is 11.3 Å². The number of rotatable bonds is 3. The lowest BCUT2D eigenvalue weighted by Crippen LogP contribution is -2.13. The first kappa shape index (κ1) is 13.5. The Morgan fingerprint density at radius 1 is 1.05 bits per heavy atom. The van der Waals surface area contributed by atoms with Crippen LogP contribution in [0.4, 0.5) is 5.69 Å². The van der Waals surface area contributed by atoms with E-state index in [9.17, 15) is 4.79 Å². The highest BCUT2D eigenvalue weighted by Crippen LogP contribution is 2.32. The summed E-state index contributed by atoms with van der Waals surface area (Å²) < 4.78 is 5.83. The van der Waals surface area contributed by atoms with E-state index >= 15 is 0 Å². The molecule has 3 rings (SSSR count). The Hall–Kier alpha value is -2.49. The summed E-state index contributed by atoms with van der Waals surface area (Å²) in [6.07, 6.45) is 4.69. The predicted octanol–water partition coefficient (Wildman–Crippen LogP) is 3.04. The van der Waals surface area contributed by atoms with Gasteiger partial charge in [0.1, 0.15) is 5.75 Å². The van der Waals surface area contributed by atoms with Crippen molar-refractivity contribution in [3.8, 4) is 11.5 Å². The van der Waals surface area contributed by atoms with Gasteiger partial charge in [-0.25, -0.2) is 0 Å². The van der Waals surface area contributed by atoms with Crippen LogP contribution in [0.25, 0.3) is 0 Å². The number of fused-ring (bicyclic) bond motifs is 1. The summed E-state index contributed by atoms with van der Waals surface area (Å²) >= 11 is 0. The highest BCUT2D eigenvalue weighted by molar-refractivity contribution is 5.99. The quantitative estimate of drug-likeness (QED) is 0.849. The van der Waals surface area contributed by atoms with E-state index in [0.717, 1.165) is 18.6 Å². The Labute approximate surface area is 123 Å². The number of aryl methyl sites for hydroxylation is 2. The number of ether oxygens (including phenoxy) is 1.